The Labute approximate surface area is 116 Å². The van der Waals surface area contributed by atoms with E-state index in [9.17, 15) is 0 Å². The fourth-order valence-electron chi connectivity index (χ4n) is 3.70. The van der Waals surface area contributed by atoms with E-state index in [-0.39, 0.29) is 11.7 Å². The molecule has 104 valence electrons. The highest BCUT2D eigenvalue weighted by atomic mass is 16.5. The molecule has 1 saturated carbocycles. The van der Waals surface area contributed by atoms with Crippen LogP contribution in [0.4, 0.5) is 0 Å². The molecule has 0 radical (unpaired) electrons. The minimum atomic E-state index is -0.0482. The van der Waals surface area contributed by atoms with Crippen molar-refractivity contribution in [1.29, 1.82) is 0 Å². The Morgan fingerprint density at radius 1 is 1.11 bits per heavy atom. The van der Waals surface area contributed by atoms with Crippen molar-refractivity contribution in [2.45, 2.75) is 63.1 Å². The minimum absolute atomic E-state index is 0.0482. The summed E-state index contributed by atoms with van der Waals surface area (Å²) in [5.74, 6) is 0. The van der Waals surface area contributed by atoms with E-state index in [2.05, 4.69) is 24.3 Å². The average molecular weight is 259 g/mol. The molecule has 2 nitrogen and oxygen atoms in total. The molecule has 0 amide bonds. The van der Waals surface area contributed by atoms with Gasteiger partial charge in [-0.3, -0.25) is 0 Å². The molecule has 2 aliphatic carbocycles. The molecule has 3 rings (SSSR count). The molecule has 19 heavy (non-hydrogen) atoms. The molecule has 0 saturated heterocycles. The predicted octanol–water partition coefficient (Wildman–Crippen LogP) is 3.74. The largest absolute Gasteiger partial charge is 0.366 e. The highest BCUT2D eigenvalue weighted by Crippen LogP contribution is 2.40. The lowest BCUT2D eigenvalue weighted by Crippen LogP contribution is -2.43. The van der Waals surface area contributed by atoms with Gasteiger partial charge in [-0.25, -0.2) is 0 Å². The molecule has 1 aromatic carbocycles. The Morgan fingerprint density at radius 2 is 1.89 bits per heavy atom. The van der Waals surface area contributed by atoms with Crippen LogP contribution in [-0.4, -0.2) is 12.1 Å². The molecule has 0 aromatic heterocycles. The molecule has 2 aliphatic rings. The smallest absolute Gasteiger partial charge is 0.0835 e. The van der Waals surface area contributed by atoms with Gasteiger partial charge in [0.15, 0.2) is 0 Å². The van der Waals surface area contributed by atoms with Gasteiger partial charge in [0.1, 0.15) is 0 Å². The van der Waals surface area contributed by atoms with Crippen LogP contribution in [-0.2, 0) is 11.2 Å². The van der Waals surface area contributed by atoms with Gasteiger partial charge in [-0.1, -0.05) is 43.5 Å². The van der Waals surface area contributed by atoms with E-state index in [4.69, 9.17) is 10.5 Å². The summed E-state index contributed by atoms with van der Waals surface area (Å²) in [6, 6.07) is 8.77. The normalized spacial score (nSPS) is 25.8. The number of fused-ring (bicyclic) bond motifs is 1. The van der Waals surface area contributed by atoms with Gasteiger partial charge in [0, 0.05) is 6.54 Å². The van der Waals surface area contributed by atoms with Gasteiger partial charge in [0.2, 0.25) is 0 Å². The maximum absolute atomic E-state index is 6.57. The molecule has 1 unspecified atom stereocenters. The van der Waals surface area contributed by atoms with Crippen molar-refractivity contribution in [3.05, 3.63) is 35.4 Å². The summed E-state index contributed by atoms with van der Waals surface area (Å²) in [5, 5.41) is 0. The average Bonchev–Trinajstić information content (AvgIpc) is 2.49. The van der Waals surface area contributed by atoms with Crippen LogP contribution in [0.15, 0.2) is 24.3 Å². The maximum Gasteiger partial charge on any atom is 0.0835 e. The molecule has 2 N–H and O–H groups in total. The van der Waals surface area contributed by atoms with Crippen molar-refractivity contribution in [2.75, 3.05) is 6.54 Å². The fraction of sp³-hybridized carbons (Fsp3) is 0.647. The molecule has 1 atom stereocenters. The van der Waals surface area contributed by atoms with E-state index in [1.165, 1.54) is 43.2 Å². The van der Waals surface area contributed by atoms with Crippen molar-refractivity contribution in [3.63, 3.8) is 0 Å². The van der Waals surface area contributed by atoms with Crippen LogP contribution >= 0.6 is 0 Å². The van der Waals surface area contributed by atoms with Gasteiger partial charge >= 0.3 is 0 Å². The zero-order chi connectivity index (χ0) is 13.1. The van der Waals surface area contributed by atoms with Crippen molar-refractivity contribution < 1.29 is 4.74 Å². The first kappa shape index (κ1) is 13.1. The number of benzene rings is 1. The molecule has 0 aliphatic heterocycles. The summed E-state index contributed by atoms with van der Waals surface area (Å²) in [7, 11) is 0. The van der Waals surface area contributed by atoms with Crippen LogP contribution in [0, 0.1) is 0 Å². The van der Waals surface area contributed by atoms with Crippen LogP contribution in [0.5, 0.6) is 0 Å². The predicted molar refractivity (Wildman–Crippen MR) is 78.1 cm³/mol. The minimum Gasteiger partial charge on any atom is -0.366 e. The number of hydrogen-bond acceptors (Lipinski definition) is 2. The zero-order valence-corrected chi connectivity index (χ0v) is 11.7. The molecular formula is C17H25NO. The molecule has 0 spiro atoms. The van der Waals surface area contributed by atoms with Crippen LogP contribution in [0.3, 0.4) is 0 Å². The number of nitrogens with two attached hydrogens (primary N) is 1. The highest BCUT2D eigenvalue weighted by Gasteiger charge is 2.35. The number of rotatable bonds is 3. The third-order valence-electron chi connectivity index (χ3n) is 4.84. The number of aryl methyl sites for hydroxylation is 1. The van der Waals surface area contributed by atoms with Crippen molar-refractivity contribution >= 4 is 0 Å². The van der Waals surface area contributed by atoms with E-state index in [0.29, 0.717) is 6.54 Å². The number of ether oxygens (including phenoxy) is 1. The van der Waals surface area contributed by atoms with Gasteiger partial charge in [-0.15, -0.1) is 0 Å². The van der Waals surface area contributed by atoms with E-state index < -0.39 is 0 Å². The summed E-state index contributed by atoms with van der Waals surface area (Å²) < 4.78 is 6.57. The first-order valence-electron chi connectivity index (χ1n) is 7.79. The Bertz CT molecular complexity index is 423. The van der Waals surface area contributed by atoms with E-state index in [1.807, 2.05) is 0 Å². The Hall–Kier alpha value is -0.860. The Morgan fingerprint density at radius 3 is 2.68 bits per heavy atom. The molecule has 1 aromatic rings. The van der Waals surface area contributed by atoms with Crippen molar-refractivity contribution in [2.24, 2.45) is 5.73 Å². The van der Waals surface area contributed by atoms with Crippen molar-refractivity contribution in [1.82, 2.24) is 0 Å². The Balaban J connectivity index is 1.79. The lowest BCUT2D eigenvalue weighted by atomic mass is 9.83. The molecule has 0 heterocycles. The fourth-order valence-corrected chi connectivity index (χ4v) is 3.70. The summed E-state index contributed by atoms with van der Waals surface area (Å²) in [6.07, 6.45) is 10.0. The van der Waals surface area contributed by atoms with E-state index in [1.54, 1.807) is 0 Å². The van der Waals surface area contributed by atoms with E-state index in [0.717, 1.165) is 19.3 Å². The quantitative estimate of drug-likeness (QED) is 0.897. The molecular weight excluding hydrogens is 234 g/mol. The Kier molecular flexibility index (Phi) is 3.90. The summed E-state index contributed by atoms with van der Waals surface area (Å²) in [6.45, 7) is 0.672. The van der Waals surface area contributed by atoms with Gasteiger partial charge in [-0.2, -0.15) is 0 Å². The van der Waals surface area contributed by atoms with Gasteiger partial charge in [0.05, 0.1) is 11.7 Å². The van der Waals surface area contributed by atoms with Crippen LogP contribution in [0.1, 0.15) is 62.2 Å². The molecule has 2 heteroatoms. The third kappa shape index (κ3) is 2.70. The summed E-state index contributed by atoms with van der Waals surface area (Å²) in [5.41, 5.74) is 8.89. The maximum atomic E-state index is 6.57. The first-order valence-corrected chi connectivity index (χ1v) is 7.79. The summed E-state index contributed by atoms with van der Waals surface area (Å²) >= 11 is 0. The highest BCUT2D eigenvalue weighted by molar-refractivity contribution is 5.31. The second-order valence-electron chi connectivity index (χ2n) is 6.15. The standard InChI is InChI=1S/C17H25NO/c18-13-17(11-4-1-5-12-17)19-16-10-6-8-14-7-2-3-9-15(14)16/h2-3,7,9,16H,1,4-6,8,10-13,18H2. The molecule has 0 bridgehead atoms. The second kappa shape index (κ2) is 5.64. The van der Waals surface area contributed by atoms with Crippen molar-refractivity contribution in [3.8, 4) is 0 Å². The lowest BCUT2D eigenvalue weighted by Gasteiger charge is -2.41. The third-order valence-corrected chi connectivity index (χ3v) is 4.84. The van der Waals surface area contributed by atoms with Gasteiger partial charge in [0.25, 0.3) is 0 Å². The molecule has 1 fully saturated rings. The lowest BCUT2D eigenvalue weighted by molar-refractivity contribution is -0.115. The van der Waals surface area contributed by atoms with Gasteiger partial charge < -0.3 is 10.5 Å². The summed E-state index contributed by atoms with van der Waals surface area (Å²) in [4.78, 5) is 0. The topological polar surface area (TPSA) is 35.2 Å². The van der Waals surface area contributed by atoms with Crippen LogP contribution in [0.2, 0.25) is 0 Å². The monoisotopic (exact) mass is 259 g/mol. The number of hydrogen-bond donors (Lipinski definition) is 1. The van der Waals surface area contributed by atoms with E-state index >= 15 is 0 Å². The second-order valence-corrected chi connectivity index (χ2v) is 6.15. The zero-order valence-electron chi connectivity index (χ0n) is 11.7. The first-order chi connectivity index (χ1) is 9.33. The SMILES string of the molecule is NCC1(OC2CCCc3ccccc32)CCCCC1. The van der Waals surface area contributed by atoms with Crippen LogP contribution in [0.25, 0.3) is 0 Å². The van der Waals surface area contributed by atoms with Gasteiger partial charge in [-0.05, 0) is 43.2 Å². The van der Waals surface area contributed by atoms with Crippen LogP contribution < -0.4 is 5.73 Å².